The van der Waals surface area contributed by atoms with E-state index >= 15 is 0 Å². The Morgan fingerprint density at radius 1 is 1.23 bits per heavy atom. The maximum atomic E-state index is 12.1. The Kier molecular flexibility index (Phi) is 6.96. The predicted molar refractivity (Wildman–Crippen MR) is 115 cm³/mol. The van der Waals surface area contributed by atoms with Crippen molar-refractivity contribution in [1.82, 2.24) is 14.9 Å². The zero-order valence-electron chi connectivity index (χ0n) is 17.5. The van der Waals surface area contributed by atoms with E-state index in [-0.39, 0.29) is 24.9 Å². The van der Waals surface area contributed by atoms with E-state index < -0.39 is 22.2 Å². The number of carbonyl (C=O) groups is 3. The van der Waals surface area contributed by atoms with Crippen LogP contribution in [0.3, 0.4) is 0 Å². The maximum absolute atomic E-state index is 12.1. The fourth-order valence-corrected chi connectivity index (χ4v) is 3.80. The molecule has 1 aromatic rings. The molecular weight excluding hydrogens is 424 g/mol. The highest BCUT2D eigenvalue weighted by Gasteiger charge is 2.32. The number of hydrogen-bond donors (Lipinski definition) is 2. The summed E-state index contributed by atoms with van der Waals surface area (Å²) in [6, 6.07) is 7.51. The number of anilines is 1. The van der Waals surface area contributed by atoms with Crippen LogP contribution in [0.1, 0.15) is 18.9 Å². The van der Waals surface area contributed by atoms with E-state index in [1.54, 1.807) is 4.90 Å². The molecule has 0 aliphatic carbocycles. The summed E-state index contributed by atoms with van der Waals surface area (Å²) >= 11 is 0. The van der Waals surface area contributed by atoms with Crippen molar-refractivity contribution < 1.29 is 27.5 Å². The van der Waals surface area contributed by atoms with Gasteiger partial charge in [0.25, 0.3) is 0 Å². The van der Waals surface area contributed by atoms with Crippen LogP contribution in [-0.2, 0) is 24.3 Å². The lowest BCUT2D eigenvalue weighted by molar-refractivity contribution is -0.129. The predicted octanol–water partition coefficient (Wildman–Crippen LogP) is 0.313. The van der Waals surface area contributed by atoms with Gasteiger partial charge in [-0.3, -0.25) is 14.5 Å². The third kappa shape index (κ3) is 6.28. The Hall–Kier alpha value is -2.92. The molecule has 10 nitrogen and oxygen atoms in total. The lowest BCUT2D eigenvalue weighted by Crippen LogP contribution is -2.41. The molecule has 2 N–H and O–H groups in total. The number of ether oxygens (including phenoxy) is 1. The monoisotopic (exact) mass is 450 g/mol. The lowest BCUT2D eigenvalue weighted by Gasteiger charge is -2.27. The second-order valence-corrected chi connectivity index (χ2v) is 9.35. The molecule has 168 valence electrons. The van der Waals surface area contributed by atoms with E-state index in [4.69, 9.17) is 4.74 Å². The molecular formula is C20H26N4O6S. The second-order valence-electron chi connectivity index (χ2n) is 7.51. The summed E-state index contributed by atoms with van der Waals surface area (Å²) in [6.45, 7) is 2.71. The molecule has 0 aromatic heterocycles. The van der Waals surface area contributed by atoms with Crippen LogP contribution in [0, 0.1) is 0 Å². The summed E-state index contributed by atoms with van der Waals surface area (Å²) in [5.74, 6) is -0.441. The molecule has 31 heavy (non-hydrogen) atoms. The van der Waals surface area contributed by atoms with Crippen molar-refractivity contribution in [3.8, 4) is 0 Å². The van der Waals surface area contributed by atoms with Gasteiger partial charge < -0.3 is 15.0 Å². The van der Waals surface area contributed by atoms with Crippen molar-refractivity contribution in [2.24, 2.45) is 0 Å². The largest absolute Gasteiger partial charge is 0.442 e. The Bertz CT molecular complexity index is 989. The van der Waals surface area contributed by atoms with Gasteiger partial charge in [-0.2, -0.15) is 0 Å². The minimum Gasteiger partial charge on any atom is -0.442 e. The number of carbonyl (C=O) groups excluding carboxylic acids is 3. The van der Waals surface area contributed by atoms with Crippen LogP contribution < -0.4 is 14.9 Å². The van der Waals surface area contributed by atoms with Gasteiger partial charge in [-0.05, 0) is 29.7 Å². The normalized spacial score (nSPS) is 19.1. The van der Waals surface area contributed by atoms with Gasteiger partial charge in [0.15, 0.2) is 0 Å². The summed E-state index contributed by atoms with van der Waals surface area (Å²) < 4.78 is 29.8. The van der Waals surface area contributed by atoms with Gasteiger partial charge in [0, 0.05) is 25.7 Å². The Balaban J connectivity index is 1.57. The summed E-state index contributed by atoms with van der Waals surface area (Å²) in [7, 11) is -3.41. The van der Waals surface area contributed by atoms with E-state index in [1.165, 1.54) is 11.8 Å². The van der Waals surface area contributed by atoms with Crippen LogP contribution in [0.4, 0.5) is 10.5 Å². The lowest BCUT2D eigenvalue weighted by atomic mass is 9.99. The molecule has 1 fully saturated rings. The van der Waals surface area contributed by atoms with E-state index in [0.717, 1.165) is 17.4 Å². The highest BCUT2D eigenvalue weighted by molar-refractivity contribution is 7.88. The number of nitrogens with one attached hydrogen (secondary N) is 2. The molecule has 1 saturated heterocycles. The highest BCUT2D eigenvalue weighted by Crippen LogP contribution is 2.27. The fraction of sp³-hybridized carbons (Fsp3) is 0.450. The summed E-state index contributed by atoms with van der Waals surface area (Å²) in [5.41, 5.74) is 2.78. The zero-order valence-corrected chi connectivity index (χ0v) is 18.3. The van der Waals surface area contributed by atoms with Gasteiger partial charge in [0.1, 0.15) is 6.10 Å². The molecule has 0 bridgehead atoms. The minimum absolute atomic E-state index is 0.175. The fourth-order valence-electron chi connectivity index (χ4n) is 3.41. The standard InChI is InChI=1S/C20H26N4O6S/c1-14(25)21-11-18-13-24(20(27)30-18)17-5-3-15(4-6-17)16-7-9-23(10-8-16)19(26)12-22-31(2,28)29/h3-7,18,22H,8-13H2,1-2H3,(H,21,25). The van der Waals surface area contributed by atoms with Gasteiger partial charge in [0.05, 0.1) is 25.9 Å². The van der Waals surface area contributed by atoms with Crippen LogP contribution in [0.5, 0.6) is 0 Å². The van der Waals surface area contributed by atoms with Crippen LogP contribution in [0.25, 0.3) is 5.57 Å². The van der Waals surface area contributed by atoms with Crippen molar-refractivity contribution in [3.63, 3.8) is 0 Å². The summed E-state index contributed by atoms with van der Waals surface area (Å²) in [4.78, 5) is 38.4. The first kappa shape index (κ1) is 22.8. The molecule has 3 amide bonds. The molecule has 11 heteroatoms. The number of sulfonamides is 1. The molecule has 1 atom stereocenters. The summed E-state index contributed by atoms with van der Waals surface area (Å²) in [6.07, 6.45) is 2.77. The maximum Gasteiger partial charge on any atom is 0.414 e. The van der Waals surface area contributed by atoms with E-state index in [0.29, 0.717) is 31.7 Å². The van der Waals surface area contributed by atoms with E-state index in [1.807, 2.05) is 30.3 Å². The van der Waals surface area contributed by atoms with Crippen molar-refractivity contribution >= 4 is 39.2 Å². The van der Waals surface area contributed by atoms with Gasteiger partial charge >= 0.3 is 6.09 Å². The number of amides is 3. The number of benzene rings is 1. The molecule has 0 spiro atoms. The molecule has 3 rings (SSSR count). The first-order valence-electron chi connectivity index (χ1n) is 9.87. The average molecular weight is 451 g/mol. The molecule has 0 saturated carbocycles. The van der Waals surface area contributed by atoms with Gasteiger partial charge in [-0.25, -0.2) is 17.9 Å². The number of hydrogen-bond acceptors (Lipinski definition) is 6. The minimum atomic E-state index is -3.41. The van der Waals surface area contributed by atoms with Crippen molar-refractivity contribution in [1.29, 1.82) is 0 Å². The molecule has 0 radical (unpaired) electrons. The summed E-state index contributed by atoms with van der Waals surface area (Å²) in [5, 5.41) is 2.65. The van der Waals surface area contributed by atoms with Crippen LogP contribution in [-0.4, -0.2) is 76.3 Å². The molecule has 2 heterocycles. The highest BCUT2D eigenvalue weighted by atomic mass is 32.2. The Morgan fingerprint density at radius 2 is 1.94 bits per heavy atom. The van der Waals surface area contributed by atoms with Gasteiger partial charge in [-0.1, -0.05) is 18.2 Å². The SMILES string of the molecule is CC(=O)NCC1CN(c2ccc(C3=CCN(C(=O)CNS(C)(=O)=O)CC3)cc2)C(=O)O1. The zero-order chi connectivity index (χ0) is 22.6. The average Bonchev–Trinajstić information content (AvgIpc) is 3.11. The van der Waals surface area contributed by atoms with Gasteiger partial charge in [0.2, 0.25) is 21.8 Å². The van der Waals surface area contributed by atoms with E-state index in [2.05, 4.69) is 10.0 Å². The van der Waals surface area contributed by atoms with Crippen LogP contribution >= 0.6 is 0 Å². The smallest absolute Gasteiger partial charge is 0.414 e. The number of rotatable bonds is 7. The van der Waals surface area contributed by atoms with Crippen LogP contribution in [0.15, 0.2) is 30.3 Å². The second kappa shape index (κ2) is 9.48. The first-order chi connectivity index (χ1) is 14.6. The van der Waals surface area contributed by atoms with Gasteiger partial charge in [-0.15, -0.1) is 0 Å². The Morgan fingerprint density at radius 3 is 2.52 bits per heavy atom. The van der Waals surface area contributed by atoms with E-state index in [9.17, 15) is 22.8 Å². The molecule has 2 aliphatic heterocycles. The van der Waals surface area contributed by atoms with Crippen molar-refractivity contribution in [2.45, 2.75) is 19.4 Å². The quantitative estimate of drug-likeness (QED) is 0.616. The molecule has 1 aromatic carbocycles. The third-order valence-corrected chi connectivity index (χ3v) is 5.72. The van der Waals surface area contributed by atoms with Crippen molar-refractivity contribution in [3.05, 3.63) is 35.9 Å². The molecule has 1 unspecified atom stereocenters. The van der Waals surface area contributed by atoms with Crippen molar-refractivity contribution in [2.75, 3.05) is 43.9 Å². The Labute approximate surface area is 181 Å². The molecule has 2 aliphatic rings. The number of cyclic esters (lactones) is 1. The van der Waals surface area contributed by atoms with Crippen LogP contribution in [0.2, 0.25) is 0 Å². The first-order valence-corrected chi connectivity index (χ1v) is 11.8. The topological polar surface area (TPSA) is 125 Å². The number of nitrogens with zero attached hydrogens (tertiary/aromatic N) is 2. The third-order valence-electron chi connectivity index (χ3n) is 5.05.